The standard InChI is InChI=1S/C8H7F2NO3/c9-8(10)14-5-3-1-2-4(11)6(5)7(12)13/h1-3,8H,11H2,(H,12,13). The number of hydrogen-bond acceptors (Lipinski definition) is 3. The average molecular weight is 203 g/mol. The molecule has 14 heavy (non-hydrogen) atoms. The van der Waals surface area contributed by atoms with E-state index >= 15 is 0 Å². The van der Waals surface area contributed by atoms with E-state index in [0.717, 1.165) is 6.07 Å². The highest BCUT2D eigenvalue weighted by atomic mass is 19.3. The largest absolute Gasteiger partial charge is 0.477 e. The molecule has 0 radical (unpaired) electrons. The van der Waals surface area contributed by atoms with Crippen molar-refractivity contribution in [2.45, 2.75) is 6.61 Å². The smallest absolute Gasteiger partial charge is 0.387 e. The van der Waals surface area contributed by atoms with Gasteiger partial charge in [0.25, 0.3) is 0 Å². The summed E-state index contributed by atoms with van der Waals surface area (Å²) in [6, 6.07) is 3.74. The second kappa shape index (κ2) is 3.91. The molecule has 0 saturated carbocycles. The van der Waals surface area contributed by atoms with Crippen molar-refractivity contribution < 1.29 is 23.4 Å². The third-order valence-electron chi connectivity index (χ3n) is 1.49. The Balaban J connectivity index is 3.14. The Bertz CT molecular complexity index is 354. The van der Waals surface area contributed by atoms with E-state index in [1.54, 1.807) is 0 Å². The molecule has 0 spiro atoms. The highest BCUT2D eigenvalue weighted by Crippen LogP contribution is 2.25. The first kappa shape index (κ1) is 10.2. The number of anilines is 1. The van der Waals surface area contributed by atoms with E-state index < -0.39 is 23.9 Å². The Hall–Kier alpha value is -1.85. The Kier molecular flexibility index (Phi) is 2.85. The minimum Gasteiger partial charge on any atom is -0.477 e. The first-order chi connectivity index (χ1) is 6.52. The van der Waals surface area contributed by atoms with E-state index in [0.29, 0.717) is 0 Å². The van der Waals surface area contributed by atoms with Gasteiger partial charge < -0.3 is 15.6 Å². The molecule has 0 aliphatic rings. The number of alkyl halides is 2. The van der Waals surface area contributed by atoms with Crippen LogP contribution < -0.4 is 10.5 Å². The zero-order valence-electron chi connectivity index (χ0n) is 6.91. The van der Waals surface area contributed by atoms with Crippen molar-refractivity contribution in [1.82, 2.24) is 0 Å². The second-order valence-electron chi connectivity index (χ2n) is 2.40. The molecule has 0 aromatic heterocycles. The molecule has 3 N–H and O–H groups in total. The van der Waals surface area contributed by atoms with Crippen LogP contribution in [0, 0.1) is 0 Å². The molecule has 0 aliphatic carbocycles. The molecule has 0 aliphatic heterocycles. The molecular weight excluding hydrogens is 196 g/mol. The van der Waals surface area contributed by atoms with Gasteiger partial charge in [0, 0.05) is 5.69 Å². The number of carboxylic acid groups (broad SMARTS) is 1. The molecule has 76 valence electrons. The van der Waals surface area contributed by atoms with Crippen molar-refractivity contribution in [1.29, 1.82) is 0 Å². The maximum atomic E-state index is 11.8. The number of aromatic carboxylic acids is 1. The summed E-state index contributed by atoms with van der Waals surface area (Å²) in [6.45, 7) is -3.07. The molecule has 0 fully saturated rings. The van der Waals surface area contributed by atoms with E-state index in [4.69, 9.17) is 10.8 Å². The van der Waals surface area contributed by atoms with E-state index in [2.05, 4.69) is 4.74 Å². The van der Waals surface area contributed by atoms with Crippen LogP contribution in [0.4, 0.5) is 14.5 Å². The lowest BCUT2D eigenvalue weighted by molar-refractivity contribution is -0.0502. The molecule has 0 atom stereocenters. The molecule has 1 rings (SSSR count). The van der Waals surface area contributed by atoms with Crippen molar-refractivity contribution in [3.05, 3.63) is 23.8 Å². The average Bonchev–Trinajstić information content (AvgIpc) is 2.01. The van der Waals surface area contributed by atoms with Crippen LogP contribution in [0.2, 0.25) is 0 Å². The van der Waals surface area contributed by atoms with Crippen LogP contribution in [0.15, 0.2) is 18.2 Å². The van der Waals surface area contributed by atoms with Crippen LogP contribution >= 0.6 is 0 Å². The zero-order chi connectivity index (χ0) is 10.7. The molecule has 0 unspecified atom stereocenters. The Morgan fingerprint density at radius 3 is 2.64 bits per heavy atom. The lowest BCUT2D eigenvalue weighted by Gasteiger charge is -2.08. The van der Waals surface area contributed by atoms with E-state index in [9.17, 15) is 13.6 Å². The molecule has 6 heteroatoms. The summed E-state index contributed by atoms with van der Waals surface area (Å²) in [5.74, 6) is -1.84. The van der Waals surface area contributed by atoms with Crippen LogP contribution in [0.1, 0.15) is 10.4 Å². The molecule has 0 heterocycles. The summed E-state index contributed by atoms with van der Waals surface area (Å²) in [7, 11) is 0. The zero-order valence-corrected chi connectivity index (χ0v) is 6.91. The number of benzene rings is 1. The monoisotopic (exact) mass is 203 g/mol. The molecule has 1 aromatic carbocycles. The minimum absolute atomic E-state index is 0.115. The van der Waals surface area contributed by atoms with E-state index in [1.807, 2.05) is 0 Å². The maximum absolute atomic E-state index is 11.8. The van der Waals surface area contributed by atoms with E-state index in [1.165, 1.54) is 12.1 Å². The van der Waals surface area contributed by atoms with E-state index in [-0.39, 0.29) is 5.69 Å². The first-order valence-corrected chi connectivity index (χ1v) is 3.59. The van der Waals surface area contributed by atoms with Gasteiger partial charge in [-0.1, -0.05) is 6.07 Å². The van der Waals surface area contributed by atoms with Gasteiger partial charge in [-0.15, -0.1) is 0 Å². The number of carboxylic acids is 1. The Morgan fingerprint density at radius 2 is 2.14 bits per heavy atom. The fraction of sp³-hybridized carbons (Fsp3) is 0.125. The Morgan fingerprint density at radius 1 is 1.50 bits per heavy atom. The third kappa shape index (κ3) is 2.09. The van der Waals surface area contributed by atoms with Gasteiger partial charge >= 0.3 is 12.6 Å². The third-order valence-corrected chi connectivity index (χ3v) is 1.49. The highest BCUT2D eigenvalue weighted by molar-refractivity contribution is 5.96. The van der Waals surface area contributed by atoms with Gasteiger partial charge in [0.2, 0.25) is 0 Å². The highest BCUT2D eigenvalue weighted by Gasteiger charge is 2.17. The summed E-state index contributed by atoms with van der Waals surface area (Å²) in [6.07, 6.45) is 0. The SMILES string of the molecule is Nc1cccc(OC(F)F)c1C(=O)O. The lowest BCUT2D eigenvalue weighted by Crippen LogP contribution is -2.09. The normalized spacial score (nSPS) is 10.2. The number of rotatable bonds is 3. The molecule has 4 nitrogen and oxygen atoms in total. The molecule has 0 amide bonds. The molecule has 0 bridgehead atoms. The second-order valence-corrected chi connectivity index (χ2v) is 2.40. The number of ether oxygens (including phenoxy) is 1. The predicted octanol–water partition coefficient (Wildman–Crippen LogP) is 1.57. The minimum atomic E-state index is -3.07. The van der Waals surface area contributed by atoms with Gasteiger partial charge in [0.1, 0.15) is 11.3 Å². The molecular formula is C8H7F2NO3. The van der Waals surface area contributed by atoms with Crippen LogP contribution in [0.5, 0.6) is 5.75 Å². The molecule has 1 aromatic rings. The predicted molar refractivity (Wildman–Crippen MR) is 44.4 cm³/mol. The summed E-state index contributed by atoms with van der Waals surface area (Å²) < 4.78 is 27.7. The van der Waals surface area contributed by atoms with Gasteiger partial charge in [-0.05, 0) is 12.1 Å². The van der Waals surface area contributed by atoms with Crippen molar-refractivity contribution in [3.8, 4) is 5.75 Å². The number of halogens is 2. The van der Waals surface area contributed by atoms with Crippen molar-refractivity contribution >= 4 is 11.7 Å². The number of carbonyl (C=O) groups is 1. The van der Waals surface area contributed by atoms with Crippen molar-refractivity contribution in [2.24, 2.45) is 0 Å². The van der Waals surface area contributed by atoms with Crippen LogP contribution in [0.3, 0.4) is 0 Å². The quantitative estimate of drug-likeness (QED) is 0.731. The molecule has 0 saturated heterocycles. The van der Waals surface area contributed by atoms with Gasteiger partial charge in [-0.3, -0.25) is 0 Å². The fourth-order valence-corrected chi connectivity index (χ4v) is 0.971. The van der Waals surface area contributed by atoms with Gasteiger partial charge in [0.05, 0.1) is 0 Å². The lowest BCUT2D eigenvalue weighted by atomic mass is 10.1. The van der Waals surface area contributed by atoms with Gasteiger partial charge in [-0.25, -0.2) is 4.79 Å². The van der Waals surface area contributed by atoms with Crippen LogP contribution in [-0.2, 0) is 0 Å². The Labute approximate surface area is 77.9 Å². The van der Waals surface area contributed by atoms with Crippen molar-refractivity contribution in [2.75, 3.05) is 5.73 Å². The van der Waals surface area contributed by atoms with Crippen LogP contribution in [-0.4, -0.2) is 17.7 Å². The summed E-state index contributed by atoms with van der Waals surface area (Å²) >= 11 is 0. The summed E-state index contributed by atoms with van der Waals surface area (Å²) in [5.41, 5.74) is 4.73. The van der Waals surface area contributed by atoms with Gasteiger partial charge in [0.15, 0.2) is 0 Å². The van der Waals surface area contributed by atoms with Crippen LogP contribution in [0.25, 0.3) is 0 Å². The summed E-state index contributed by atoms with van der Waals surface area (Å²) in [4.78, 5) is 10.6. The topological polar surface area (TPSA) is 72.5 Å². The maximum Gasteiger partial charge on any atom is 0.387 e. The van der Waals surface area contributed by atoms with Crippen molar-refractivity contribution in [3.63, 3.8) is 0 Å². The number of nitrogens with two attached hydrogens (primary N) is 1. The number of hydrogen-bond donors (Lipinski definition) is 2. The van der Waals surface area contributed by atoms with Gasteiger partial charge in [-0.2, -0.15) is 8.78 Å². The number of nitrogen functional groups attached to an aromatic ring is 1. The first-order valence-electron chi connectivity index (χ1n) is 3.59. The summed E-state index contributed by atoms with van der Waals surface area (Å²) in [5, 5.41) is 8.65. The fourth-order valence-electron chi connectivity index (χ4n) is 0.971.